The molecule has 122 valence electrons. The molecule has 0 aliphatic carbocycles. The molecule has 0 aromatic heterocycles. The monoisotopic (exact) mass is 319 g/mol. The Bertz CT molecular complexity index is 484. The third-order valence-electron chi connectivity index (χ3n) is 2.93. The van der Waals surface area contributed by atoms with Crippen LogP contribution in [0.2, 0.25) is 0 Å². The first-order valence-corrected chi connectivity index (χ1v) is 6.77. The second-order valence-electron chi connectivity index (χ2n) is 4.79. The predicted molar refractivity (Wildman–Crippen MR) is 71.9 cm³/mol. The zero-order valence-electron chi connectivity index (χ0n) is 11.7. The van der Waals surface area contributed by atoms with Crippen molar-refractivity contribution in [3.63, 3.8) is 0 Å². The highest BCUT2D eigenvalue weighted by Gasteiger charge is 2.29. The zero-order chi connectivity index (χ0) is 16.0. The van der Waals surface area contributed by atoms with Crippen LogP contribution in [-0.4, -0.2) is 38.2 Å². The Labute approximate surface area is 125 Å². The van der Waals surface area contributed by atoms with Gasteiger partial charge in [-0.2, -0.15) is 13.2 Å². The van der Waals surface area contributed by atoms with Crippen molar-refractivity contribution in [1.29, 1.82) is 0 Å². The van der Waals surface area contributed by atoms with Crippen molar-refractivity contribution in [2.45, 2.75) is 25.1 Å². The first-order chi connectivity index (χ1) is 10.4. The van der Waals surface area contributed by atoms with Crippen molar-refractivity contribution in [3.05, 3.63) is 24.3 Å². The molecule has 1 aromatic rings. The van der Waals surface area contributed by atoms with Gasteiger partial charge in [-0.1, -0.05) is 0 Å². The van der Waals surface area contributed by atoms with Crippen LogP contribution in [0.25, 0.3) is 0 Å². The average Bonchev–Trinajstić information content (AvgIpc) is 2.97. The van der Waals surface area contributed by atoms with E-state index in [2.05, 4.69) is 10.1 Å². The van der Waals surface area contributed by atoms with E-state index in [1.54, 1.807) is 12.1 Å². The number of anilines is 1. The molecule has 1 atom stereocenters. The summed E-state index contributed by atoms with van der Waals surface area (Å²) >= 11 is 0. The second kappa shape index (κ2) is 7.35. The lowest BCUT2D eigenvalue weighted by molar-refractivity contribution is -0.159. The van der Waals surface area contributed by atoms with Crippen LogP contribution in [0.3, 0.4) is 0 Å². The standard InChI is InChI=1S/C14H16F3NO4/c15-14(16,17)9-22-13(19)18-10-3-5-11(6-4-10)21-8-12-2-1-7-20-12/h3-6,12H,1-2,7-9H2,(H,18,19)/t12-/m1/s1. The van der Waals surface area contributed by atoms with Crippen LogP contribution < -0.4 is 10.1 Å². The van der Waals surface area contributed by atoms with Gasteiger partial charge in [0.25, 0.3) is 0 Å². The Morgan fingerprint density at radius 2 is 2.05 bits per heavy atom. The van der Waals surface area contributed by atoms with Crippen molar-refractivity contribution in [2.75, 3.05) is 25.1 Å². The Kier molecular flexibility index (Phi) is 5.48. The van der Waals surface area contributed by atoms with Gasteiger partial charge in [0.15, 0.2) is 6.61 Å². The van der Waals surface area contributed by atoms with Crippen molar-refractivity contribution in [1.82, 2.24) is 0 Å². The molecule has 0 saturated carbocycles. The lowest BCUT2D eigenvalue weighted by Gasteiger charge is -2.12. The molecule has 1 amide bonds. The number of amides is 1. The Balaban J connectivity index is 1.74. The van der Waals surface area contributed by atoms with Gasteiger partial charge in [-0.05, 0) is 37.1 Å². The minimum absolute atomic E-state index is 0.0927. The Morgan fingerprint density at radius 1 is 1.32 bits per heavy atom. The van der Waals surface area contributed by atoms with Crippen LogP contribution in [-0.2, 0) is 9.47 Å². The SMILES string of the molecule is O=C(Nc1ccc(OC[C@H]2CCCO2)cc1)OCC(F)(F)F. The highest BCUT2D eigenvalue weighted by molar-refractivity contribution is 5.84. The number of ether oxygens (including phenoxy) is 3. The lowest BCUT2D eigenvalue weighted by atomic mass is 10.2. The third kappa shape index (κ3) is 5.80. The van der Waals surface area contributed by atoms with Gasteiger partial charge in [-0.3, -0.25) is 5.32 Å². The molecule has 1 aliphatic heterocycles. The third-order valence-corrected chi connectivity index (χ3v) is 2.93. The highest BCUT2D eigenvalue weighted by Crippen LogP contribution is 2.19. The normalized spacial score (nSPS) is 18.0. The number of rotatable bonds is 5. The Morgan fingerprint density at radius 3 is 2.64 bits per heavy atom. The van der Waals surface area contributed by atoms with E-state index >= 15 is 0 Å². The maximum Gasteiger partial charge on any atom is 0.422 e. The van der Waals surface area contributed by atoms with Gasteiger partial charge in [0.1, 0.15) is 12.4 Å². The van der Waals surface area contributed by atoms with E-state index < -0.39 is 18.9 Å². The molecule has 0 radical (unpaired) electrons. The van der Waals surface area contributed by atoms with E-state index in [4.69, 9.17) is 9.47 Å². The predicted octanol–water partition coefficient (Wildman–Crippen LogP) is 3.36. The van der Waals surface area contributed by atoms with E-state index in [1.807, 2.05) is 0 Å². The first kappa shape index (κ1) is 16.4. The summed E-state index contributed by atoms with van der Waals surface area (Å²) in [7, 11) is 0. The fourth-order valence-electron chi connectivity index (χ4n) is 1.90. The minimum atomic E-state index is -4.54. The molecule has 1 aromatic carbocycles. The molecule has 8 heteroatoms. The average molecular weight is 319 g/mol. The van der Waals surface area contributed by atoms with Crippen LogP contribution in [0.5, 0.6) is 5.75 Å². The lowest BCUT2D eigenvalue weighted by Crippen LogP contribution is -2.23. The van der Waals surface area contributed by atoms with Crippen molar-refractivity contribution < 1.29 is 32.2 Å². The van der Waals surface area contributed by atoms with Gasteiger partial charge in [-0.15, -0.1) is 0 Å². The number of nitrogens with one attached hydrogen (secondary N) is 1. The summed E-state index contributed by atoms with van der Waals surface area (Å²) in [5, 5.41) is 2.20. The second-order valence-corrected chi connectivity index (χ2v) is 4.79. The van der Waals surface area contributed by atoms with Gasteiger partial charge in [0.2, 0.25) is 0 Å². The molecule has 22 heavy (non-hydrogen) atoms. The maximum absolute atomic E-state index is 11.9. The molecule has 0 bridgehead atoms. The van der Waals surface area contributed by atoms with Gasteiger partial charge >= 0.3 is 12.3 Å². The number of carbonyl (C=O) groups is 1. The molecule has 0 unspecified atom stereocenters. The first-order valence-electron chi connectivity index (χ1n) is 6.77. The minimum Gasteiger partial charge on any atom is -0.491 e. The molecule has 5 nitrogen and oxygen atoms in total. The molecular formula is C14H16F3NO4. The quantitative estimate of drug-likeness (QED) is 0.904. The van der Waals surface area contributed by atoms with E-state index in [9.17, 15) is 18.0 Å². The van der Waals surface area contributed by atoms with Gasteiger partial charge in [0.05, 0.1) is 6.10 Å². The molecule has 1 fully saturated rings. The molecule has 1 saturated heterocycles. The molecule has 1 N–H and O–H groups in total. The van der Waals surface area contributed by atoms with Crippen LogP contribution >= 0.6 is 0 Å². The number of hydrogen-bond acceptors (Lipinski definition) is 4. The summed E-state index contributed by atoms with van der Waals surface area (Å²) in [6, 6.07) is 6.24. The highest BCUT2D eigenvalue weighted by atomic mass is 19.4. The number of alkyl halides is 3. The summed E-state index contributed by atoms with van der Waals surface area (Å²) in [6.07, 6.45) is -3.63. The van der Waals surface area contributed by atoms with Gasteiger partial charge in [-0.25, -0.2) is 4.79 Å². The smallest absolute Gasteiger partial charge is 0.422 e. The summed E-state index contributed by atoms with van der Waals surface area (Å²) < 4.78 is 50.6. The van der Waals surface area contributed by atoms with E-state index in [-0.39, 0.29) is 6.10 Å². The molecule has 0 spiro atoms. The topological polar surface area (TPSA) is 56.8 Å². The maximum atomic E-state index is 11.9. The number of halogens is 3. The Hall–Kier alpha value is -1.96. The van der Waals surface area contributed by atoms with E-state index in [0.717, 1.165) is 19.4 Å². The van der Waals surface area contributed by atoms with Crippen molar-refractivity contribution >= 4 is 11.8 Å². The van der Waals surface area contributed by atoms with Crippen LogP contribution in [0.15, 0.2) is 24.3 Å². The van der Waals surface area contributed by atoms with Gasteiger partial charge < -0.3 is 14.2 Å². The fraction of sp³-hybridized carbons (Fsp3) is 0.500. The fourth-order valence-corrected chi connectivity index (χ4v) is 1.90. The number of carbonyl (C=O) groups excluding carboxylic acids is 1. The molecule has 2 rings (SSSR count). The number of benzene rings is 1. The van der Waals surface area contributed by atoms with Crippen LogP contribution in [0, 0.1) is 0 Å². The number of hydrogen-bond donors (Lipinski definition) is 1. The zero-order valence-corrected chi connectivity index (χ0v) is 11.7. The summed E-state index contributed by atoms with van der Waals surface area (Å²) in [6.45, 7) is -0.432. The summed E-state index contributed by atoms with van der Waals surface area (Å²) in [4.78, 5) is 11.2. The van der Waals surface area contributed by atoms with E-state index in [1.165, 1.54) is 12.1 Å². The van der Waals surface area contributed by atoms with Crippen LogP contribution in [0.1, 0.15) is 12.8 Å². The van der Waals surface area contributed by atoms with Crippen molar-refractivity contribution in [3.8, 4) is 5.75 Å². The molecular weight excluding hydrogens is 303 g/mol. The summed E-state index contributed by atoms with van der Waals surface area (Å²) in [5.41, 5.74) is 0.316. The van der Waals surface area contributed by atoms with E-state index in [0.29, 0.717) is 18.0 Å². The summed E-state index contributed by atoms with van der Waals surface area (Å²) in [5.74, 6) is 0.588. The van der Waals surface area contributed by atoms with Crippen LogP contribution in [0.4, 0.5) is 23.7 Å². The van der Waals surface area contributed by atoms with Gasteiger partial charge in [0, 0.05) is 12.3 Å². The largest absolute Gasteiger partial charge is 0.491 e. The molecule has 1 aliphatic rings. The molecule has 1 heterocycles. The van der Waals surface area contributed by atoms with Crippen molar-refractivity contribution in [2.24, 2.45) is 0 Å².